The van der Waals surface area contributed by atoms with Crippen LogP contribution in [-0.2, 0) is 0 Å². The lowest BCUT2D eigenvalue weighted by atomic mass is 10.2. The van der Waals surface area contributed by atoms with Crippen LogP contribution in [0.5, 0.6) is 0 Å². The van der Waals surface area contributed by atoms with Gasteiger partial charge in [0.15, 0.2) is 0 Å². The number of nitro benzene ring substituents is 1. The van der Waals surface area contributed by atoms with Crippen molar-refractivity contribution in [3.05, 3.63) is 45.5 Å². The number of benzene rings is 1. The van der Waals surface area contributed by atoms with Gasteiger partial charge in [0.25, 0.3) is 5.69 Å². The lowest BCUT2D eigenvalue weighted by molar-refractivity contribution is -0.384. The molecule has 9 heteroatoms. The zero-order valence-corrected chi connectivity index (χ0v) is 11.2. The molecule has 0 aliphatic heterocycles. The summed E-state index contributed by atoms with van der Waals surface area (Å²) < 4.78 is 0. The van der Waals surface area contributed by atoms with E-state index in [0.717, 1.165) is 17.4 Å². The molecular formula is C12H6N6O2S. The second kappa shape index (κ2) is 5.77. The van der Waals surface area contributed by atoms with Gasteiger partial charge in [-0.2, -0.15) is 10.5 Å². The van der Waals surface area contributed by atoms with Crippen molar-refractivity contribution in [1.29, 1.82) is 10.5 Å². The highest BCUT2D eigenvalue weighted by Crippen LogP contribution is 2.33. The maximum absolute atomic E-state index is 10.6. The lowest BCUT2D eigenvalue weighted by Gasteiger charge is -1.96. The molecule has 102 valence electrons. The summed E-state index contributed by atoms with van der Waals surface area (Å²) in [5, 5.41) is 36.9. The molecule has 0 unspecified atom stereocenters. The normalized spacial score (nSPS) is 10.2. The minimum atomic E-state index is -0.596. The second-order valence-electron chi connectivity index (χ2n) is 3.74. The summed E-state index contributed by atoms with van der Waals surface area (Å²) in [6, 6.07) is 8.90. The van der Waals surface area contributed by atoms with Crippen LogP contribution in [0.4, 0.5) is 21.4 Å². The number of non-ortho nitro benzene ring substituents is 1. The highest BCUT2D eigenvalue weighted by molar-refractivity contribution is 7.19. The van der Waals surface area contributed by atoms with Crippen molar-refractivity contribution in [2.45, 2.75) is 0 Å². The fraction of sp³-hybridized carbons (Fsp3) is 0. The minimum absolute atomic E-state index is 0.0398. The molecule has 0 spiro atoms. The molecule has 1 aromatic heterocycles. The summed E-state index contributed by atoms with van der Waals surface area (Å²) in [6.07, 6.45) is 0. The predicted molar refractivity (Wildman–Crippen MR) is 75.4 cm³/mol. The fourth-order valence-electron chi connectivity index (χ4n) is 1.45. The number of hydrogen-bond acceptors (Lipinski definition) is 8. The summed E-state index contributed by atoms with van der Waals surface area (Å²) in [7, 11) is 0. The Hall–Kier alpha value is -3.30. The first kappa shape index (κ1) is 14.1. The standard InChI is InChI=1S/C12H6N6O2S/c13-5-7-3-9(18(19)20)1-2-10(7)16-17-11-4-8(6-14)12(15)21-11/h1-4H,15H2. The highest BCUT2D eigenvalue weighted by atomic mass is 32.1. The quantitative estimate of drug-likeness (QED) is 0.525. The van der Waals surface area contributed by atoms with Crippen LogP contribution in [0.3, 0.4) is 0 Å². The number of nitrogens with two attached hydrogens (primary N) is 1. The van der Waals surface area contributed by atoms with Crippen LogP contribution < -0.4 is 5.73 Å². The number of nitro groups is 1. The van der Waals surface area contributed by atoms with E-state index in [1.807, 2.05) is 12.1 Å². The molecule has 0 aliphatic rings. The van der Waals surface area contributed by atoms with Gasteiger partial charge in [-0.3, -0.25) is 10.1 Å². The Kier molecular flexibility index (Phi) is 3.88. The fourth-order valence-corrected chi connectivity index (χ4v) is 2.14. The zero-order chi connectivity index (χ0) is 15.4. The summed E-state index contributed by atoms with van der Waals surface area (Å²) in [5.74, 6) is 0. The number of thiophene rings is 1. The Morgan fingerprint density at radius 3 is 2.48 bits per heavy atom. The number of nitrogen functional groups attached to an aromatic ring is 1. The van der Waals surface area contributed by atoms with Gasteiger partial charge in [0.2, 0.25) is 0 Å². The Balaban J connectivity index is 2.35. The topological polar surface area (TPSA) is 141 Å². The Morgan fingerprint density at radius 2 is 1.90 bits per heavy atom. The van der Waals surface area contributed by atoms with Crippen molar-refractivity contribution in [3.63, 3.8) is 0 Å². The predicted octanol–water partition coefficient (Wildman–Crippen LogP) is 3.40. The Morgan fingerprint density at radius 1 is 1.19 bits per heavy atom. The van der Waals surface area contributed by atoms with E-state index in [-0.39, 0.29) is 16.9 Å². The summed E-state index contributed by atoms with van der Waals surface area (Å²) in [4.78, 5) is 10.0. The molecule has 0 saturated carbocycles. The van der Waals surface area contributed by atoms with Crippen molar-refractivity contribution in [2.75, 3.05) is 5.73 Å². The lowest BCUT2D eigenvalue weighted by Crippen LogP contribution is -1.88. The van der Waals surface area contributed by atoms with Gasteiger partial charge in [-0.25, -0.2) is 0 Å². The van der Waals surface area contributed by atoms with E-state index in [1.165, 1.54) is 18.2 Å². The number of hydrogen-bond donors (Lipinski definition) is 1. The summed E-state index contributed by atoms with van der Waals surface area (Å²) in [5.41, 5.74) is 5.95. The van der Waals surface area contributed by atoms with Crippen molar-refractivity contribution in [2.24, 2.45) is 10.2 Å². The van der Waals surface area contributed by atoms with Crippen LogP contribution in [-0.4, -0.2) is 4.92 Å². The van der Waals surface area contributed by atoms with Crippen molar-refractivity contribution >= 4 is 32.7 Å². The third-order valence-corrected chi connectivity index (χ3v) is 3.28. The van der Waals surface area contributed by atoms with Gasteiger partial charge >= 0.3 is 0 Å². The summed E-state index contributed by atoms with van der Waals surface area (Å²) in [6.45, 7) is 0. The monoisotopic (exact) mass is 298 g/mol. The van der Waals surface area contributed by atoms with E-state index in [1.54, 1.807) is 0 Å². The second-order valence-corrected chi connectivity index (χ2v) is 4.81. The first-order chi connectivity index (χ1) is 10.0. The maximum atomic E-state index is 10.6. The number of nitrogens with zero attached hydrogens (tertiary/aromatic N) is 5. The van der Waals surface area contributed by atoms with Crippen LogP contribution in [0.25, 0.3) is 0 Å². The number of rotatable bonds is 3. The molecule has 2 N–H and O–H groups in total. The van der Waals surface area contributed by atoms with E-state index in [2.05, 4.69) is 10.2 Å². The maximum Gasteiger partial charge on any atom is 0.270 e. The van der Waals surface area contributed by atoms with Gasteiger partial charge in [0.05, 0.1) is 16.1 Å². The molecule has 0 bridgehead atoms. The van der Waals surface area contributed by atoms with E-state index in [0.29, 0.717) is 15.6 Å². The van der Waals surface area contributed by atoms with Crippen LogP contribution in [0.15, 0.2) is 34.5 Å². The molecule has 2 rings (SSSR count). The van der Waals surface area contributed by atoms with Gasteiger partial charge in [-0.15, -0.1) is 10.2 Å². The van der Waals surface area contributed by atoms with E-state index in [4.69, 9.17) is 16.3 Å². The summed E-state index contributed by atoms with van der Waals surface area (Å²) >= 11 is 1.08. The smallest absolute Gasteiger partial charge is 0.270 e. The van der Waals surface area contributed by atoms with Gasteiger partial charge in [-0.05, 0) is 12.1 Å². The number of azo groups is 1. The van der Waals surface area contributed by atoms with Gasteiger partial charge < -0.3 is 5.73 Å². The molecule has 21 heavy (non-hydrogen) atoms. The van der Waals surface area contributed by atoms with Crippen molar-refractivity contribution in [1.82, 2.24) is 0 Å². The molecule has 1 heterocycles. The Bertz CT molecular complexity index is 827. The van der Waals surface area contributed by atoms with Gasteiger partial charge in [0, 0.05) is 12.1 Å². The minimum Gasteiger partial charge on any atom is -0.389 e. The number of anilines is 1. The first-order valence-electron chi connectivity index (χ1n) is 5.45. The SMILES string of the molecule is N#Cc1cc([N+](=O)[O-])ccc1N=Nc1cc(C#N)c(N)s1. The van der Waals surface area contributed by atoms with Gasteiger partial charge in [0.1, 0.15) is 27.8 Å². The molecule has 0 atom stereocenters. The average molecular weight is 298 g/mol. The molecule has 0 radical (unpaired) electrons. The third-order valence-electron chi connectivity index (χ3n) is 2.44. The van der Waals surface area contributed by atoms with Crippen LogP contribution >= 0.6 is 11.3 Å². The molecule has 0 aliphatic carbocycles. The zero-order valence-electron chi connectivity index (χ0n) is 10.3. The highest BCUT2D eigenvalue weighted by Gasteiger charge is 2.10. The van der Waals surface area contributed by atoms with E-state index >= 15 is 0 Å². The van der Waals surface area contributed by atoms with Gasteiger partial charge in [-0.1, -0.05) is 11.3 Å². The van der Waals surface area contributed by atoms with Crippen molar-refractivity contribution in [3.8, 4) is 12.1 Å². The molecule has 1 aromatic carbocycles. The largest absolute Gasteiger partial charge is 0.389 e. The van der Waals surface area contributed by atoms with E-state index < -0.39 is 4.92 Å². The molecule has 8 nitrogen and oxygen atoms in total. The molecule has 2 aromatic rings. The molecule has 0 fully saturated rings. The van der Waals surface area contributed by atoms with Crippen molar-refractivity contribution < 1.29 is 4.92 Å². The molecular weight excluding hydrogens is 292 g/mol. The molecule has 0 amide bonds. The van der Waals surface area contributed by atoms with E-state index in [9.17, 15) is 10.1 Å². The van der Waals surface area contributed by atoms with Crippen LogP contribution in [0.1, 0.15) is 11.1 Å². The number of nitriles is 2. The van der Waals surface area contributed by atoms with Crippen LogP contribution in [0, 0.1) is 32.8 Å². The third kappa shape index (κ3) is 3.00. The Labute approximate surface area is 122 Å². The van der Waals surface area contributed by atoms with Crippen LogP contribution in [0.2, 0.25) is 0 Å². The average Bonchev–Trinajstić information content (AvgIpc) is 2.84. The first-order valence-corrected chi connectivity index (χ1v) is 6.26. The molecule has 0 saturated heterocycles.